The van der Waals surface area contributed by atoms with E-state index in [0.29, 0.717) is 33.0 Å². The highest BCUT2D eigenvalue weighted by atomic mass is 16.6. The molecule has 0 saturated heterocycles. The van der Waals surface area contributed by atoms with Gasteiger partial charge in [0.15, 0.2) is 0 Å². The summed E-state index contributed by atoms with van der Waals surface area (Å²) in [6, 6.07) is 0. The lowest BCUT2D eigenvalue weighted by Gasteiger charge is -2.06. The fraction of sp³-hybridized carbons (Fsp3) is 0.938. The number of ether oxygens (including phenoxy) is 4. The van der Waals surface area contributed by atoms with Gasteiger partial charge in [0.05, 0.1) is 33.0 Å². The lowest BCUT2D eigenvalue weighted by molar-refractivity contribution is -0.149. The summed E-state index contributed by atoms with van der Waals surface area (Å²) in [5.74, 6) is -0.294. The van der Waals surface area contributed by atoms with E-state index in [1.165, 1.54) is 32.1 Å². The minimum Gasteiger partial charge on any atom is -0.464 e. The third-order valence-electron chi connectivity index (χ3n) is 3.03. The van der Waals surface area contributed by atoms with Crippen molar-refractivity contribution in [3.8, 4) is 0 Å². The molecule has 0 atom stereocenters. The Morgan fingerprint density at radius 1 is 0.762 bits per heavy atom. The maximum Gasteiger partial charge on any atom is 0.332 e. The number of hydrogen-bond donors (Lipinski definition) is 0. The SMILES string of the molecule is CCCCCCCCCOC(=O)COCCOCCOC. The molecule has 0 spiro atoms. The first-order valence-electron chi connectivity index (χ1n) is 8.11. The van der Waals surface area contributed by atoms with Crippen LogP contribution < -0.4 is 0 Å². The average molecular weight is 304 g/mol. The number of unbranched alkanes of at least 4 members (excludes halogenated alkanes) is 6. The van der Waals surface area contributed by atoms with Crippen LogP contribution in [0, 0.1) is 0 Å². The molecule has 0 saturated carbocycles. The molecule has 0 radical (unpaired) electrons. The first-order valence-corrected chi connectivity index (χ1v) is 8.11. The van der Waals surface area contributed by atoms with Crippen molar-refractivity contribution in [3.63, 3.8) is 0 Å². The zero-order valence-electron chi connectivity index (χ0n) is 13.7. The van der Waals surface area contributed by atoms with Gasteiger partial charge < -0.3 is 18.9 Å². The Balaban J connectivity index is 3.13. The summed E-state index contributed by atoms with van der Waals surface area (Å²) in [4.78, 5) is 11.3. The predicted molar refractivity (Wildman–Crippen MR) is 82.5 cm³/mol. The van der Waals surface area contributed by atoms with Gasteiger partial charge in [-0.15, -0.1) is 0 Å². The van der Waals surface area contributed by atoms with E-state index < -0.39 is 0 Å². The number of esters is 1. The Morgan fingerprint density at radius 3 is 2.10 bits per heavy atom. The van der Waals surface area contributed by atoms with Crippen molar-refractivity contribution in [2.75, 3.05) is 46.8 Å². The van der Waals surface area contributed by atoms with E-state index in [9.17, 15) is 4.79 Å². The summed E-state index contributed by atoms with van der Waals surface area (Å²) in [5, 5.41) is 0. The molecule has 21 heavy (non-hydrogen) atoms. The molecule has 0 fully saturated rings. The Bertz CT molecular complexity index is 221. The van der Waals surface area contributed by atoms with Gasteiger partial charge in [-0.25, -0.2) is 4.79 Å². The Labute approximate surface area is 129 Å². The van der Waals surface area contributed by atoms with E-state index in [0.717, 1.165) is 12.8 Å². The smallest absolute Gasteiger partial charge is 0.332 e. The number of carbonyl (C=O) groups excluding carboxylic acids is 1. The fourth-order valence-electron chi connectivity index (χ4n) is 1.80. The maximum absolute atomic E-state index is 11.3. The second-order valence-electron chi connectivity index (χ2n) is 5.00. The van der Waals surface area contributed by atoms with Crippen LogP contribution in [0.3, 0.4) is 0 Å². The predicted octanol–water partition coefficient (Wildman–Crippen LogP) is 2.96. The summed E-state index contributed by atoms with van der Waals surface area (Å²) < 4.78 is 20.3. The standard InChI is InChI=1S/C16H32O5/c1-3-4-5-6-7-8-9-10-21-16(17)15-20-14-13-19-12-11-18-2/h3-15H2,1-2H3. The third kappa shape index (κ3) is 17.3. The minimum absolute atomic E-state index is 0.00410. The summed E-state index contributed by atoms with van der Waals surface area (Å²) in [6.45, 7) is 4.70. The molecule has 0 amide bonds. The zero-order chi connectivity index (χ0) is 15.6. The average Bonchev–Trinajstić information content (AvgIpc) is 2.49. The van der Waals surface area contributed by atoms with Gasteiger partial charge >= 0.3 is 5.97 Å². The molecule has 5 heteroatoms. The van der Waals surface area contributed by atoms with Crippen molar-refractivity contribution < 1.29 is 23.7 Å². The molecule has 0 aromatic heterocycles. The highest BCUT2D eigenvalue weighted by Gasteiger charge is 2.02. The summed E-state index contributed by atoms with van der Waals surface area (Å²) in [7, 11) is 1.63. The van der Waals surface area contributed by atoms with Gasteiger partial charge in [-0.1, -0.05) is 45.4 Å². The summed E-state index contributed by atoms with van der Waals surface area (Å²) >= 11 is 0. The largest absolute Gasteiger partial charge is 0.464 e. The fourth-order valence-corrected chi connectivity index (χ4v) is 1.80. The van der Waals surface area contributed by atoms with E-state index in [2.05, 4.69) is 6.92 Å². The van der Waals surface area contributed by atoms with E-state index in [-0.39, 0.29) is 12.6 Å². The normalized spacial score (nSPS) is 10.8. The minimum atomic E-state index is -0.294. The first-order chi connectivity index (χ1) is 10.3. The lowest BCUT2D eigenvalue weighted by Crippen LogP contribution is -2.16. The van der Waals surface area contributed by atoms with Crippen molar-refractivity contribution >= 4 is 5.97 Å². The van der Waals surface area contributed by atoms with Crippen molar-refractivity contribution in [1.82, 2.24) is 0 Å². The van der Waals surface area contributed by atoms with Gasteiger partial charge in [-0.3, -0.25) is 0 Å². The zero-order valence-corrected chi connectivity index (χ0v) is 13.7. The van der Waals surface area contributed by atoms with Gasteiger partial charge in [-0.2, -0.15) is 0 Å². The third-order valence-corrected chi connectivity index (χ3v) is 3.03. The topological polar surface area (TPSA) is 54.0 Å². The van der Waals surface area contributed by atoms with Crippen molar-refractivity contribution in [1.29, 1.82) is 0 Å². The molecule has 0 aliphatic heterocycles. The monoisotopic (exact) mass is 304 g/mol. The molecular weight excluding hydrogens is 272 g/mol. The number of carbonyl (C=O) groups is 1. The number of hydrogen-bond acceptors (Lipinski definition) is 5. The molecular formula is C16H32O5. The summed E-state index contributed by atoms with van der Waals surface area (Å²) in [5.41, 5.74) is 0. The highest BCUT2D eigenvalue weighted by Crippen LogP contribution is 2.06. The molecule has 0 bridgehead atoms. The number of methoxy groups -OCH3 is 1. The van der Waals surface area contributed by atoms with Gasteiger partial charge in [0, 0.05) is 7.11 Å². The Hall–Kier alpha value is -0.650. The highest BCUT2D eigenvalue weighted by molar-refractivity contribution is 5.70. The molecule has 0 unspecified atom stereocenters. The van der Waals surface area contributed by atoms with Crippen LogP contribution in [0.5, 0.6) is 0 Å². The Kier molecular flexibility index (Phi) is 16.9. The van der Waals surface area contributed by atoms with Gasteiger partial charge in [0.2, 0.25) is 0 Å². The Morgan fingerprint density at radius 2 is 1.38 bits per heavy atom. The van der Waals surface area contributed by atoms with Crippen LogP contribution in [0.25, 0.3) is 0 Å². The molecule has 0 heterocycles. The van der Waals surface area contributed by atoms with Crippen LogP contribution in [-0.4, -0.2) is 52.7 Å². The molecule has 0 aromatic rings. The number of rotatable bonds is 16. The molecule has 126 valence electrons. The molecule has 0 aliphatic rings. The molecule has 0 aliphatic carbocycles. The van der Waals surface area contributed by atoms with E-state index in [1.807, 2.05) is 0 Å². The second-order valence-corrected chi connectivity index (χ2v) is 5.00. The quantitative estimate of drug-likeness (QED) is 0.324. The molecule has 0 aromatic carbocycles. The van der Waals surface area contributed by atoms with Crippen molar-refractivity contribution in [3.05, 3.63) is 0 Å². The molecule has 0 N–H and O–H groups in total. The van der Waals surface area contributed by atoms with E-state index in [1.54, 1.807) is 7.11 Å². The van der Waals surface area contributed by atoms with E-state index >= 15 is 0 Å². The van der Waals surface area contributed by atoms with Gasteiger partial charge in [0.25, 0.3) is 0 Å². The van der Waals surface area contributed by atoms with Crippen molar-refractivity contribution in [2.45, 2.75) is 51.9 Å². The van der Waals surface area contributed by atoms with Crippen LogP contribution in [0.4, 0.5) is 0 Å². The molecule has 0 rings (SSSR count). The second kappa shape index (κ2) is 17.4. The van der Waals surface area contributed by atoms with Gasteiger partial charge in [-0.05, 0) is 6.42 Å². The molecule has 5 nitrogen and oxygen atoms in total. The van der Waals surface area contributed by atoms with Crippen molar-refractivity contribution in [2.24, 2.45) is 0 Å². The first kappa shape index (κ1) is 20.3. The van der Waals surface area contributed by atoms with E-state index in [4.69, 9.17) is 18.9 Å². The summed E-state index contributed by atoms with van der Waals surface area (Å²) in [6.07, 6.45) is 8.50. The van der Waals surface area contributed by atoms with Gasteiger partial charge in [0.1, 0.15) is 6.61 Å². The lowest BCUT2D eigenvalue weighted by atomic mass is 10.1. The van der Waals surface area contributed by atoms with Crippen LogP contribution in [0.1, 0.15) is 51.9 Å². The van der Waals surface area contributed by atoms with Crippen LogP contribution in [0.15, 0.2) is 0 Å². The van der Waals surface area contributed by atoms with Crippen LogP contribution in [0.2, 0.25) is 0 Å². The van der Waals surface area contributed by atoms with Crippen LogP contribution >= 0.6 is 0 Å². The maximum atomic E-state index is 11.3. The van der Waals surface area contributed by atoms with Crippen LogP contribution in [-0.2, 0) is 23.7 Å².